The van der Waals surface area contributed by atoms with Gasteiger partial charge in [-0.25, -0.2) is 0 Å². The second-order valence-electron chi connectivity index (χ2n) is 3.95. The zero-order valence-electron chi connectivity index (χ0n) is 9.90. The Morgan fingerprint density at radius 2 is 2.29 bits per heavy atom. The zero-order chi connectivity index (χ0) is 12.3. The average molecular weight is 311 g/mol. The number of halogens is 1. The minimum atomic E-state index is 0.318. The Bertz CT molecular complexity index is 496. The topological polar surface area (TPSA) is 24.9 Å². The molecule has 2 heterocycles. The van der Waals surface area contributed by atoms with Crippen molar-refractivity contribution in [1.82, 2.24) is 10.3 Å². The first-order valence-electron chi connectivity index (χ1n) is 5.53. The Hall–Kier alpha value is -0.710. The summed E-state index contributed by atoms with van der Waals surface area (Å²) in [6.07, 6.45) is 2.78. The van der Waals surface area contributed by atoms with Crippen molar-refractivity contribution >= 4 is 27.3 Å². The number of aryl methyl sites for hydroxylation is 1. The lowest BCUT2D eigenvalue weighted by Gasteiger charge is -2.16. The first-order valence-corrected chi connectivity index (χ1v) is 7.20. The summed E-state index contributed by atoms with van der Waals surface area (Å²) in [5.41, 5.74) is 2.41. The van der Waals surface area contributed by atoms with Crippen LogP contribution in [0, 0.1) is 6.92 Å². The molecular formula is C13H15BrN2S. The fourth-order valence-electron chi connectivity index (χ4n) is 1.81. The lowest BCUT2D eigenvalue weighted by Crippen LogP contribution is -2.19. The molecule has 4 heteroatoms. The van der Waals surface area contributed by atoms with Gasteiger partial charge in [-0.15, -0.1) is 11.3 Å². The second-order valence-corrected chi connectivity index (χ2v) is 5.75. The van der Waals surface area contributed by atoms with Gasteiger partial charge in [0.05, 0.1) is 0 Å². The molecule has 2 rings (SSSR count). The molecule has 2 nitrogen and oxygen atoms in total. The first-order chi connectivity index (χ1) is 8.22. The highest BCUT2D eigenvalue weighted by Gasteiger charge is 2.16. The number of thiophene rings is 1. The molecule has 0 spiro atoms. The number of hydrogen-bond acceptors (Lipinski definition) is 3. The molecule has 0 saturated carbocycles. The molecule has 90 valence electrons. The third-order valence-corrected chi connectivity index (χ3v) is 4.81. The SMILES string of the molecule is CNC(Cc1ncccc1C)c1sccc1Br. The van der Waals surface area contributed by atoms with Crippen LogP contribution in [0.2, 0.25) is 0 Å². The molecule has 1 unspecified atom stereocenters. The highest BCUT2D eigenvalue weighted by molar-refractivity contribution is 9.10. The number of nitrogens with zero attached hydrogens (tertiary/aromatic N) is 1. The Kier molecular flexibility index (Phi) is 4.31. The fourth-order valence-corrected chi connectivity index (χ4v) is 3.57. The molecule has 1 atom stereocenters. The number of rotatable bonds is 4. The summed E-state index contributed by atoms with van der Waals surface area (Å²) in [4.78, 5) is 5.79. The van der Waals surface area contributed by atoms with Crippen molar-refractivity contribution in [2.24, 2.45) is 0 Å². The van der Waals surface area contributed by atoms with E-state index in [1.54, 1.807) is 11.3 Å². The van der Waals surface area contributed by atoms with E-state index in [9.17, 15) is 0 Å². The maximum atomic E-state index is 4.45. The van der Waals surface area contributed by atoms with E-state index >= 15 is 0 Å². The van der Waals surface area contributed by atoms with Crippen molar-refractivity contribution in [1.29, 1.82) is 0 Å². The third kappa shape index (κ3) is 2.94. The average Bonchev–Trinajstić information content (AvgIpc) is 2.75. The van der Waals surface area contributed by atoms with E-state index in [0.717, 1.165) is 12.1 Å². The number of aromatic nitrogens is 1. The third-order valence-electron chi connectivity index (χ3n) is 2.83. The van der Waals surface area contributed by atoms with Gasteiger partial charge < -0.3 is 5.32 Å². The van der Waals surface area contributed by atoms with Crippen LogP contribution in [0.3, 0.4) is 0 Å². The van der Waals surface area contributed by atoms with Crippen LogP contribution < -0.4 is 5.32 Å². The van der Waals surface area contributed by atoms with Crippen LogP contribution in [-0.2, 0) is 6.42 Å². The van der Waals surface area contributed by atoms with Crippen molar-refractivity contribution in [3.05, 3.63) is 50.4 Å². The Labute approximate surface area is 114 Å². The summed E-state index contributed by atoms with van der Waals surface area (Å²) < 4.78 is 1.18. The Morgan fingerprint density at radius 1 is 1.47 bits per heavy atom. The van der Waals surface area contributed by atoms with Gasteiger partial charge in [0.15, 0.2) is 0 Å². The van der Waals surface area contributed by atoms with Crippen molar-refractivity contribution in [3.63, 3.8) is 0 Å². The largest absolute Gasteiger partial charge is 0.312 e. The predicted octanol–water partition coefficient (Wildman–Crippen LogP) is 3.72. The molecule has 0 aromatic carbocycles. The normalized spacial score (nSPS) is 12.6. The molecule has 0 fully saturated rings. The molecule has 2 aromatic rings. The van der Waals surface area contributed by atoms with Gasteiger partial charge in [-0.05, 0) is 53.0 Å². The maximum Gasteiger partial charge on any atom is 0.0479 e. The molecule has 0 radical (unpaired) electrons. The summed E-state index contributed by atoms with van der Waals surface area (Å²) in [5, 5.41) is 5.47. The minimum absolute atomic E-state index is 0.318. The highest BCUT2D eigenvalue weighted by atomic mass is 79.9. The quantitative estimate of drug-likeness (QED) is 0.931. The fraction of sp³-hybridized carbons (Fsp3) is 0.308. The van der Waals surface area contributed by atoms with Crippen molar-refractivity contribution in [2.75, 3.05) is 7.05 Å². The van der Waals surface area contributed by atoms with E-state index < -0.39 is 0 Å². The first kappa shape index (κ1) is 12.7. The lowest BCUT2D eigenvalue weighted by atomic mass is 10.1. The number of pyridine rings is 1. The van der Waals surface area contributed by atoms with E-state index in [-0.39, 0.29) is 0 Å². The Morgan fingerprint density at radius 3 is 2.88 bits per heavy atom. The minimum Gasteiger partial charge on any atom is -0.312 e. The number of nitrogens with one attached hydrogen (secondary N) is 1. The van der Waals surface area contributed by atoms with Crippen molar-refractivity contribution < 1.29 is 0 Å². The molecule has 0 saturated heterocycles. The predicted molar refractivity (Wildman–Crippen MR) is 76.5 cm³/mol. The van der Waals surface area contributed by atoms with Crippen LogP contribution in [0.25, 0.3) is 0 Å². The molecule has 0 bridgehead atoms. The number of likely N-dealkylation sites (N-methyl/N-ethyl adjacent to an activating group) is 1. The maximum absolute atomic E-state index is 4.45. The van der Waals surface area contributed by atoms with Crippen LogP contribution in [0.5, 0.6) is 0 Å². The van der Waals surface area contributed by atoms with Gasteiger partial charge in [0.1, 0.15) is 0 Å². The summed E-state index contributed by atoms with van der Waals surface area (Å²) in [7, 11) is 2.00. The van der Waals surface area contributed by atoms with Gasteiger partial charge in [0, 0.05) is 33.7 Å². The molecule has 17 heavy (non-hydrogen) atoms. The van der Waals surface area contributed by atoms with Crippen LogP contribution in [-0.4, -0.2) is 12.0 Å². The molecule has 2 aromatic heterocycles. The molecule has 1 N–H and O–H groups in total. The molecular weight excluding hydrogens is 296 g/mol. The van der Waals surface area contributed by atoms with Gasteiger partial charge in [-0.1, -0.05) is 6.07 Å². The van der Waals surface area contributed by atoms with Crippen LogP contribution in [0.1, 0.15) is 22.2 Å². The smallest absolute Gasteiger partial charge is 0.0479 e. The van der Waals surface area contributed by atoms with E-state index in [2.05, 4.69) is 50.7 Å². The van der Waals surface area contributed by atoms with E-state index in [1.165, 1.54) is 14.9 Å². The van der Waals surface area contributed by atoms with Crippen molar-refractivity contribution in [3.8, 4) is 0 Å². The summed E-state index contributed by atoms with van der Waals surface area (Å²) in [6, 6.07) is 6.50. The van der Waals surface area contributed by atoms with Crippen LogP contribution in [0.15, 0.2) is 34.2 Å². The molecule has 0 aliphatic heterocycles. The van der Waals surface area contributed by atoms with Crippen LogP contribution in [0.4, 0.5) is 0 Å². The standard InChI is InChI=1S/C13H15BrN2S/c1-9-4-3-6-16-11(9)8-12(15-2)13-10(14)5-7-17-13/h3-7,12,15H,8H2,1-2H3. The van der Waals surface area contributed by atoms with Crippen molar-refractivity contribution in [2.45, 2.75) is 19.4 Å². The van der Waals surface area contributed by atoms with Gasteiger partial charge in [-0.2, -0.15) is 0 Å². The molecule has 0 amide bonds. The molecule has 0 aliphatic rings. The summed E-state index contributed by atoms with van der Waals surface area (Å²) >= 11 is 5.36. The second kappa shape index (κ2) is 5.76. The lowest BCUT2D eigenvalue weighted by molar-refractivity contribution is 0.590. The van der Waals surface area contributed by atoms with E-state index in [4.69, 9.17) is 0 Å². The zero-order valence-corrected chi connectivity index (χ0v) is 12.3. The van der Waals surface area contributed by atoms with Gasteiger partial charge in [0.25, 0.3) is 0 Å². The van der Waals surface area contributed by atoms with E-state index in [0.29, 0.717) is 6.04 Å². The summed E-state index contributed by atoms with van der Waals surface area (Å²) in [5.74, 6) is 0. The van der Waals surface area contributed by atoms with E-state index in [1.807, 2.05) is 19.3 Å². The van der Waals surface area contributed by atoms with Gasteiger partial charge >= 0.3 is 0 Å². The Balaban J connectivity index is 2.22. The van der Waals surface area contributed by atoms with Crippen LogP contribution >= 0.6 is 27.3 Å². The number of hydrogen-bond donors (Lipinski definition) is 1. The summed E-state index contributed by atoms with van der Waals surface area (Å²) in [6.45, 7) is 2.11. The molecule has 0 aliphatic carbocycles. The monoisotopic (exact) mass is 310 g/mol. The van der Waals surface area contributed by atoms with Gasteiger partial charge in [-0.3, -0.25) is 4.98 Å². The van der Waals surface area contributed by atoms with Gasteiger partial charge in [0.2, 0.25) is 0 Å². The highest BCUT2D eigenvalue weighted by Crippen LogP contribution is 2.30.